The summed E-state index contributed by atoms with van der Waals surface area (Å²) in [6.07, 6.45) is 0. The Kier molecular flexibility index (Phi) is 9.11. The average molecular weight is 507 g/mol. The fraction of sp³-hybridized carbons (Fsp3) is 0.357. The summed E-state index contributed by atoms with van der Waals surface area (Å²) in [5.41, 5.74) is 2.22. The lowest BCUT2D eigenvalue weighted by Gasteiger charge is -2.41. The first-order chi connectivity index (χ1) is 17.5. The second kappa shape index (κ2) is 12.7. The van der Waals surface area contributed by atoms with Crippen molar-refractivity contribution >= 4 is 23.2 Å². The van der Waals surface area contributed by atoms with E-state index < -0.39 is 11.8 Å². The molecule has 3 aromatic rings. The molecule has 1 fully saturated rings. The number of methoxy groups -OCH3 is 1. The van der Waals surface area contributed by atoms with Crippen molar-refractivity contribution in [1.29, 1.82) is 0 Å². The van der Waals surface area contributed by atoms with Crippen molar-refractivity contribution in [1.82, 2.24) is 20.4 Å². The lowest BCUT2D eigenvalue weighted by atomic mass is 10.0. The van der Waals surface area contributed by atoms with Crippen LogP contribution in [0.4, 0.5) is 0 Å². The lowest BCUT2D eigenvalue weighted by Crippen LogP contribution is -2.53. The standard InChI is InChI=1S/C28H34N4O3S/c1-21(30-28(34)27(33)29-19-22-10-12-24(35-2)13-11-22)26(25-9-6-18-36-25)32-16-14-31(15-17-32)20-23-7-4-3-5-8-23/h3-13,18,21,26H,14-17,19-20H2,1-2H3,(H,29,33)(H,30,34)/t21-,26+/m0/s1. The third kappa shape index (κ3) is 6.94. The van der Waals surface area contributed by atoms with Gasteiger partial charge < -0.3 is 15.4 Å². The Labute approximate surface area is 217 Å². The van der Waals surface area contributed by atoms with Gasteiger partial charge in [-0.1, -0.05) is 48.5 Å². The number of benzene rings is 2. The van der Waals surface area contributed by atoms with Crippen molar-refractivity contribution < 1.29 is 14.3 Å². The maximum Gasteiger partial charge on any atom is 0.309 e. The summed E-state index contributed by atoms with van der Waals surface area (Å²) in [5, 5.41) is 7.73. The number of carbonyl (C=O) groups excluding carboxylic acids is 2. The quantitative estimate of drug-likeness (QED) is 0.435. The first-order valence-corrected chi connectivity index (χ1v) is 13.2. The minimum atomic E-state index is -0.629. The number of rotatable bonds is 9. The van der Waals surface area contributed by atoms with E-state index in [4.69, 9.17) is 4.74 Å². The fourth-order valence-corrected chi connectivity index (χ4v) is 5.56. The van der Waals surface area contributed by atoms with Crippen molar-refractivity contribution in [2.75, 3.05) is 33.3 Å². The minimum Gasteiger partial charge on any atom is -0.497 e. The van der Waals surface area contributed by atoms with Gasteiger partial charge in [0.05, 0.1) is 13.2 Å². The Morgan fingerprint density at radius 1 is 0.917 bits per heavy atom. The van der Waals surface area contributed by atoms with E-state index in [1.54, 1.807) is 18.4 Å². The van der Waals surface area contributed by atoms with Crippen LogP contribution in [0.15, 0.2) is 72.1 Å². The summed E-state index contributed by atoms with van der Waals surface area (Å²) in [7, 11) is 1.61. The molecule has 1 aliphatic heterocycles. The molecule has 0 spiro atoms. The van der Waals surface area contributed by atoms with Gasteiger partial charge in [-0.15, -0.1) is 11.3 Å². The molecule has 7 nitrogen and oxygen atoms in total. The molecule has 0 unspecified atom stereocenters. The predicted octanol–water partition coefficient (Wildman–Crippen LogP) is 3.44. The zero-order chi connectivity index (χ0) is 25.3. The van der Waals surface area contributed by atoms with E-state index in [-0.39, 0.29) is 18.6 Å². The first-order valence-electron chi connectivity index (χ1n) is 12.3. The number of nitrogens with one attached hydrogen (secondary N) is 2. The lowest BCUT2D eigenvalue weighted by molar-refractivity contribution is -0.140. The number of carbonyl (C=O) groups is 2. The van der Waals surface area contributed by atoms with Crippen molar-refractivity contribution in [3.63, 3.8) is 0 Å². The molecule has 0 aliphatic carbocycles. The normalized spacial score (nSPS) is 16.2. The topological polar surface area (TPSA) is 73.9 Å². The van der Waals surface area contributed by atoms with Gasteiger partial charge in [0.1, 0.15) is 5.75 Å². The number of hydrogen-bond acceptors (Lipinski definition) is 6. The summed E-state index contributed by atoms with van der Waals surface area (Å²) in [6.45, 7) is 6.93. The Balaban J connectivity index is 1.32. The summed E-state index contributed by atoms with van der Waals surface area (Å²) < 4.78 is 5.15. The summed E-state index contributed by atoms with van der Waals surface area (Å²) in [5.74, 6) is -0.493. The molecular formula is C28H34N4O3S. The number of hydrogen-bond donors (Lipinski definition) is 2. The molecule has 0 radical (unpaired) electrons. The zero-order valence-corrected chi connectivity index (χ0v) is 21.7. The monoisotopic (exact) mass is 506 g/mol. The maximum atomic E-state index is 12.7. The van der Waals surface area contributed by atoms with E-state index in [0.29, 0.717) is 0 Å². The van der Waals surface area contributed by atoms with Gasteiger partial charge in [-0.3, -0.25) is 19.4 Å². The molecule has 2 amide bonds. The molecule has 1 saturated heterocycles. The van der Waals surface area contributed by atoms with Gasteiger partial charge >= 0.3 is 11.8 Å². The van der Waals surface area contributed by atoms with E-state index >= 15 is 0 Å². The van der Waals surface area contributed by atoms with E-state index in [2.05, 4.69) is 56.1 Å². The Bertz CT molecular complexity index is 1100. The van der Waals surface area contributed by atoms with Gasteiger partial charge in [0.25, 0.3) is 0 Å². The molecule has 1 aromatic heterocycles. The van der Waals surface area contributed by atoms with Crippen molar-refractivity contribution in [3.8, 4) is 5.75 Å². The summed E-state index contributed by atoms with van der Waals surface area (Å²) >= 11 is 1.69. The molecule has 36 heavy (non-hydrogen) atoms. The molecule has 190 valence electrons. The molecule has 0 bridgehead atoms. The first kappa shape index (κ1) is 25.9. The summed E-state index contributed by atoms with van der Waals surface area (Å²) in [4.78, 5) is 31.3. The van der Waals surface area contributed by atoms with Crippen LogP contribution in [-0.2, 0) is 22.7 Å². The van der Waals surface area contributed by atoms with Gasteiger partial charge in [0.15, 0.2) is 0 Å². The number of thiophene rings is 1. The van der Waals surface area contributed by atoms with Crippen molar-refractivity contribution in [2.24, 2.45) is 0 Å². The molecule has 2 aromatic carbocycles. The van der Waals surface area contributed by atoms with Gasteiger partial charge in [-0.2, -0.15) is 0 Å². The average Bonchev–Trinajstić information content (AvgIpc) is 3.43. The van der Waals surface area contributed by atoms with Crippen LogP contribution in [0.25, 0.3) is 0 Å². The molecule has 0 saturated carbocycles. The van der Waals surface area contributed by atoms with Crippen LogP contribution < -0.4 is 15.4 Å². The fourth-order valence-electron chi connectivity index (χ4n) is 4.60. The highest BCUT2D eigenvalue weighted by atomic mass is 32.1. The van der Waals surface area contributed by atoms with Crippen LogP contribution in [0.2, 0.25) is 0 Å². The van der Waals surface area contributed by atoms with Crippen LogP contribution >= 0.6 is 11.3 Å². The maximum absolute atomic E-state index is 12.7. The van der Waals surface area contributed by atoms with Crippen molar-refractivity contribution in [2.45, 2.75) is 32.1 Å². The van der Waals surface area contributed by atoms with E-state index in [0.717, 1.165) is 44.0 Å². The number of ether oxygens (including phenoxy) is 1. The van der Waals surface area contributed by atoms with Gasteiger partial charge in [0.2, 0.25) is 0 Å². The van der Waals surface area contributed by atoms with Gasteiger partial charge in [0, 0.05) is 50.2 Å². The van der Waals surface area contributed by atoms with E-state index in [9.17, 15) is 9.59 Å². The van der Waals surface area contributed by atoms with Crippen LogP contribution in [0.1, 0.15) is 29.0 Å². The van der Waals surface area contributed by atoms with Gasteiger partial charge in [-0.05, 0) is 41.6 Å². The highest BCUT2D eigenvalue weighted by Crippen LogP contribution is 2.29. The number of nitrogens with zero attached hydrogens (tertiary/aromatic N) is 2. The molecule has 2 N–H and O–H groups in total. The second-order valence-corrected chi connectivity index (χ2v) is 10.0. The molecule has 2 atom stereocenters. The van der Waals surface area contributed by atoms with Crippen molar-refractivity contribution in [3.05, 3.63) is 88.1 Å². The van der Waals surface area contributed by atoms with Crippen LogP contribution in [-0.4, -0.2) is 60.9 Å². The highest BCUT2D eigenvalue weighted by molar-refractivity contribution is 7.10. The Morgan fingerprint density at radius 3 is 2.28 bits per heavy atom. The van der Waals surface area contributed by atoms with Crippen LogP contribution in [0.3, 0.4) is 0 Å². The Morgan fingerprint density at radius 2 is 1.64 bits per heavy atom. The number of piperazine rings is 1. The largest absolute Gasteiger partial charge is 0.497 e. The third-order valence-electron chi connectivity index (χ3n) is 6.53. The molecule has 1 aliphatic rings. The second-order valence-electron chi connectivity index (χ2n) is 9.05. The zero-order valence-electron chi connectivity index (χ0n) is 20.9. The highest BCUT2D eigenvalue weighted by Gasteiger charge is 2.31. The van der Waals surface area contributed by atoms with Crippen LogP contribution in [0, 0.1) is 0 Å². The minimum absolute atomic E-state index is 0.0159. The molecule has 8 heteroatoms. The Hall–Kier alpha value is -3.20. The summed E-state index contributed by atoms with van der Waals surface area (Å²) in [6, 6.07) is 21.9. The number of amides is 2. The smallest absolute Gasteiger partial charge is 0.309 e. The molecule has 2 heterocycles. The van der Waals surface area contributed by atoms with Gasteiger partial charge in [-0.25, -0.2) is 0 Å². The SMILES string of the molecule is COc1ccc(CNC(=O)C(=O)N[C@@H](C)[C@H](c2cccs2)N2CCN(Cc3ccccc3)CC2)cc1. The third-order valence-corrected chi connectivity index (χ3v) is 7.48. The van der Waals surface area contributed by atoms with E-state index in [1.807, 2.05) is 43.3 Å². The molecule has 4 rings (SSSR count). The van der Waals surface area contributed by atoms with E-state index in [1.165, 1.54) is 10.4 Å². The molecular weight excluding hydrogens is 472 g/mol. The predicted molar refractivity (Wildman–Crippen MR) is 143 cm³/mol. The van der Waals surface area contributed by atoms with Crippen LogP contribution in [0.5, 0.6) is 5.75 Å².